The van der Waals surface area contributed by atoms with Crippen LogP contribution in [0.3, 0.4) is 0 Å². The summed E-state index contributed by atoms with van der Waals surface area (Å²) in [5.41, 5.74) is 1.71. The summed E-state index contributed by atoms with van der Waals surface area (Å²) in [6.45, 7) is 1.93. The summed E-state index contributed by atoms with van der Waals surface area (Å²) < 4.78 is 7.47. The topological polar surface area (TPSA) is 84.2 Å². The van der Waals surface area contributed by atoms with Crippen molar-refractivity contribution in [3.8, 4) is 0 Å². The standard InChI is InChI=1S/C25H21ClN4O4S2/c1-4-34-19(31)13-16-20(22(32)30(27-16)15-8-6-5-7-9-15)24-29(3)23(33)21(36-24)25-28(2)17-12-14(26)10-11-18(17)35-25/h5-12H,4,13H2,1-3H3. The molecule has 0 unspecified atom stereocenters. The molecule has 11 heteroatoms. The second-order valence-corrected chi connectivity index (χ2v) is 10.5. The third-order valence-corrected chi connectivity index (χ3v) is 8.58. The number of halogens is 1. The molecule has 2 aromatic carbocycles. The van der Waals surface area contributed by atoms with Gasteiger partial charge in [0.1, 0.15) is 14.2 Å². The lowest BCUT2D eigenvalue weighted by Gasteiger charge is -2.12. The molecule has 36 heavy (non-hydrogen) atoms. The highest BCUT2D eigenvalue weighted by molar-refractivity contribution is 8.08. The van der Waals surface area contributed by atoms with E-state index in [0.717, 1.165) is 15.6 Å². The lowest BCUT2D eigenvalue weighted by molar-refractivity contribution is -0.141. The third kappa shape index (κ3) is 4.15. The van der Waals surface area contributed by atoms with Gasteiger partial charge in [0.15, 0.2) is 0 Å². The number of para-hydroxylation sites is 1. The summed E-state index contributed by atoms with van der Waals surface area (Å²) in [7, 11) is 3.50. The van der Waals surface area contributed by atoms with Gasteiger partial charge < -0.3 is 14.2 Å². The number of rotatable bonds is 4. The van der Waals surface area contributed by atoms with Crippen molar-refractivity contribution in [2.75, 3.05) is 23.6 Å². The number of anilines is 2. The fourth-order valence-electron chi connectivity index (χ4n) is 4.00. The molecule has 0 atom stereocenters. The predicted octanol–water partition coefficient (Wildman–Crippen LogP) is 2.91. The van der Waals surface area contributed by atoms with Gasteiger partial charge in [0, 0.05) is 24.0 Å². The van der Waals surface area contributed by atoms with Crippen LogP contribution in [0.15, 0.2) is 63.3 Å². The summed E-state index contributed by atoms with van der Waals surface area (Å²) in [6, 6.07) is 14.5. The zero-order valence-electron chi connectivity index (χ0n) is 19.6. The summed E-state index contributed by atoms with van der Waals surface area (Å²) in [6.07, 6.45) is -0.186. The quantitative estimate of drug-likeness (QED) is 0.473. The molecule has 1 amide bonds. The van der Waals surface area contributed by atoms with Crippen molar-refractivity contribution in [3.05, 3.63) is 73.1 Å². The zero-order valence-corrected chi connectivity index (χ0v) is 22.0. The van der Waals surface area contributed by atoms with E-state index in [4.69, 9.17) is 16.3 Å². The fourth-order valence-corrected chi connectivity index (χ4v) is 6.65. The van der Waals surface area contributed by atoms with Crippen molar-refractivity contribution < 1.29 is 14.3 Å². The van der Waals surface area contributed by atoms with Gasteiger partial charge in [0.25, 0.3) is 11.5 Å². The van der Waals surface area contributed by atoms with Crippen molar-refractivity contribution in [2.45, 2.75) is 18.2 Å². The van der Waals surface area contributed by atoms with E-state index in [9.17, 15) is 14.4 Å². The van der Waals surface area contributed by atoms with Gasteiger partial charge in [-0.05, 0) is 37.3 Å². The monoisotopic (exact) mass is 540 g/mol. The second-order valence-electron chi connectivity index (χ2n) is 8.03. The average Bonchev–Trinajstić information content (AvgIpc) is 3.46. The Balaban J connectivity index is 1.70. The van der Waals surface area contributed by atoms with Crippen LogP contribution in [0.4, 0.5) is 11.4 Å². The zero-order chi connectivity index (χ0) is 25.6. The average molecular weight is 541 g/mol. The minimum absolute atomic E-state index is 0.186. The number of esters is 1. The number of thioether (sulfide) groups is 1. The van der Waals surface area contributed by atoms with Crippen LogP contribution >= 0.6 is 34.7 Å². The van der Waals surface area contributed by atoms with Crippen LogP contribution in [0.25, 0.3) is 10.6 Å². The van der Waals surface area contributed by atoms with Crippen LogP contribution < -0.4 is 24.7 Å². The molecule has 8 nitrogen and oxygen atoms in total. The number of hydrogen-bond acceptors (Lipinski definition) is 8. The highest BCUT2D eigenvalue weighted by Gasteiger charge is 2.35. The molecule has 2 aliphatic heterocycles. The Bertz CT molecular complexity index is 1610. The summed E-state index contributed by atoms with van der Waals surface area (Å²) in [5.74, 6) is -0.901. The lowest BCUT2D eigenvalue weighted by atomic mass is 10.1. The maximum absolute atomic E-state index is 13.6. The first-order valence-corrected chi connectivity index (χ1v) is 13.1. The molecule has 0 spiro atoms. The van der Waals surface area contributed by atoms with E-state index in [1.54, 1.807) is 38.2 Å². The van der Waals surface area contributed by atoms with Crippen LogP contribution in [-0.2, 0) is 21.4 Å². The Labute approximate surface area is 219 Å². The Morgan fingerprint density at radius 1 is 1.11 bits per heavy atom. The van der Waals surface area contributed by atoms with E-state index >= 15 is 0 Å². The molecule has 3 aromatic rings. The molecule has 2 aliphatic rings. The van der Waals surface area contributed by atoms with Crippen LogP contribution in [0.1, 0.15) is 13.3 Å². The van der Waals surface area contributed by atoms with Gasteiger partial charge in [-0.1, -0.05) is 41.6 Å². The summed E-state index contributed by atoms with van der Waals surface area (Å²) in [5, 5.41) is 7.09. The van der Waals surface area contributed by atoms with E-state index in [-0.39, 0.29) is 29.9 Å². The Kier molecular flexibility index (Phi) is 6.50. The van der Waals surface area contributed by atoms with Crippen molar-refractivity contribution in [2.24, 2.45) is 12.1 Å². The van der Waals surface area contributed by atoms with Gasteiger partial charge in [-0.3, -0.25) is 14.4 Å². The number of fused-ring (bicyclic) bond motifs is 1. The molecule has 0 radical (unpaired) electrons. The molecule has 184 valence electrons. The molecular formula is C25H21ClN4O4S2. The van der Waals surface area contributed by atoms with Crippen molar-refractivity contribution in [1.82, 2.24) is 4.57 Å². The number of carbonyl (C=O) groups is 2. The van der Waals surface area contributed by atoms with Crippen LogP contribution in [-0.4, -0.2) is 35.8 Å². The number of hydrazone groups is 1. The van der Waals surface area contributed by atoms with Gasteiger partial charge in [0.2, 0.25) is 0 Å². The number of amides is 1. The predicted molar refractivity (Wildman–Crippen MR) is 144 cm³/mol. The molecule has 1 aromatic heterocycles. The highest BCUT2D eigenvalue weighted by atomic mass is 35.5. The van der Waals surface area contributed by atoms with E-state index < -0.39 is 11.9 Å². The second kappa shape index (κ2) is 9.61. The van der Waals surface area contributed by atoms with Gasteiger partial charge in [-0.15, -0.1) is 11.3 Å². The third-order valence-electron chi connectivity index (χ3n) is 5.74. The van der Waals surface area contributed by atoms with Gasteiger partial charge >= 0.3 is 5.97 Å². The Hall–Kier alpha value is -3.34. The number of thiazole rings is 1. The maximum atomic E-state index is 13.6. The van der Waals surface area contributed by atoms with Gasteiger partial charge in [-0.2, -0.15) is 10.1 Å². The van der Waals surface area contributed by atoms with Crippen molar-refractivity contribution >= 4 is 74.3 Å². The number of benzene rings is 2. The number of hydrogen-bond donors (Lipinski definition) is 0. The van der Waals surface area contributed by atoms with E-state index in [1.807, 2.05) is 36.2 Å². The Morgan fingerprint density at radius 3 is 2.58 bits per heavy atom. The van der Waals surface area contributed by atoms with Crippen molar-refractivity contribution in [1.29, 1.82) is 0 Å². The Morgan fingerprint density at radius 2 is 1.86 bits per heavy atom. The smallest absolute Gasteiger partial charge is 0.311 e. The first-order valence-electron chi connectivity index (χ1n) is 11.1. The summed E-state index contributed by atoms with van der Waals surface area (Å²) >= 11 is 8.86. The van der Waals surface area contributed by atoms with Crippen LogP contribution in [0.2, 0.25) is 5.02 Å². The highest BCUT2D eigenvalue weighted by Crippen LogP contribution is 2.46. The van der Waals surface area contributed by atoms with Crippen molar-refractivity contribution in [3.63, 3.8) is 0 Å². The molecule has 0 fully saturated rings. The van der Waals surface area contributed by atoms with E-state index in [2.05, 4.69) is 5.10 Å². The first kappa shape index (κ1) is 24.4. The number of nitrogens with zero attached hydrogens (tertiary/aromatic N) is 4. The van der Waals surface area contributed by atoms with E-state index in [0.29, 0.717) is 19.9 Å². The molecule has 0 saturated carbocycles. The van der Waals surface area contributed by atoms with Crippen LogP contribution in [0, 0.1) is 0 Å². The van der Waals surface area contributed by atoms with E-state index in [1.165, 1.54) is 32.7 Å². The largest absolute Gasteiger partial charge is 0.466 e. The number of ether oxygens (including phenoxy) is 1. The summed E-state index contributed by atoms with van der Waals surface area (Å²) in [4.78, 5) is 42.3. The van der Waals surface area contributed by atoms with Gasteiger partial charge in [0.05, 0.1) is 35.7 Å². The lowest BCUT2D eigenvalue weighted by Crippen LogP contribution is -2.34. The molecule has 3 heterocycles. The molecule has 0 saturated heterocycles. The molecular weight excluding hydrogens is 520 g/mol. The molecule has 0 aliphatic carbocycles. The maximum Gasteiger partial charge on any atom is 0.311 e. The minimum atomic E-state index is -0.494. The number of aromatic nitrogens is 1. The SMILES string of the molecule is CCOC(=O)CC1=NN(c2ccccc2)C(=O)C1=c1sc(=C2Sc3ccc(Cl)cc3N2C)c(=O)n1C. The molecule has 5 rings (SSSR count). The molecule has 0 N–H and O–H groups in total. The molecule has 0 bridgehead atoms. The van der Waals surface area contributed by atoms with Crippen LogP contribution in [0.5, 0.6) is 0 Å². The number of carbonyl (C=O) groups excluding carboxylic acids is 2. The minimum Gasteiger partial charge on any atom is -0.466 e. The first-order chi connectivity index (χ1) is 17.3. The normalized spacial score (nSPS) is 18.0. The van der Waals surface area contributed by atoms with Gasteiger partial charge in [-0.25, -0.2) is 0 Å². The fraction of sp³-hybridized carbons (Fsp3) is 0.200.